The zero-order valence-corrected chi connectivity index (χ0v) is 13.7. The van der Waals surface area contributed by atoms with Gasteiger partial charge in [0.15, 0.2) is 0 Å². The van der Waals surface area contributed by atoms with Crippen LogP contribution in [0.4, 0.5) is 0 Å². The second-order valence-corrected chi connectivity index (χ2v) is 5.66. The van der Waals surface area contributed by atoms with E-state index in [4.69, 9.17) is 9.47 Å². The van der Waals surface area contributed by atoms with Crippen molar-refractivity contribution in [3.05, 3.63) is 34.9 Å². The largest absolute Gasteiger partial charge is 0.376 e. The van der Waals surface area contributed by atoms with Crippen molar-refractivity contribution in [1.82, 2.24) is 5.32 Å². The highest BCUT2D eigenvalue weighted by Crippen LogP contribution is 2.27. The molecule has 0 bridgehead atoms. The maximum Gasteiger partial charge on any atom is 0.100 e. The van der Waals surface area contributed by atoms with Gasteiger partial charge in [-0.15, -0.1) is 0 Å². The second kappa shape index (κ2) is 8.52. The van der Waals surface area contributed by atoms with Crippen molar-refractivity contribution >= 4 is 0 Å². The van der Waals surface area contributed by atoms with Gasteiger partial charge >= 0.3 is 0 Å². The molecule has 0 aliphatic carbocycles. The minimum Gasteiger partial charge on any atom is -0.376 e. The summed E-state index contributed by atoms with van der Waals surface area (Å²) in [5.74, 6) is 0. The van der Waals surface area contributed by atoms with Gasteiger partial charge in [-0.1, -0.05) is 39.0 Å². The standard InChI is InChI=1S/C18H29NO2/c1-4-9-19-18(17-13-20-10-11-21-17)16-12-14(5-2)7-8-15(16)6-3/h7-8,12,17-19H,4-6,9-11,13H2,1-3H3. The highest BCUT2D eigenvalue weighted by Gasteiger charge is 2.27. The van der Waals surface area contributed by atoms with E-state index in [2.05, 4.69) is 44.3 Å². The molecule has 1 aromatic rings. The third kappa shape index (κ3) is 4.29. The van der Waals surface area contributed by atoms with Crippen LogP contribution >= 0.6 is 0 Å². The van der Waals surface area contributed by atoms with Gasteiger partial charge in [0.05, 0.1) is 25.9 Å². The third-order valence-corrected chi connectivity index (χ3v) is 4.16. The lowest BCUT2D eigenvalue weighted by Gasteiger charge is -2.33. The van der Waals surface area contributed by atoms with Gasteiger partial charge in [0, 0.05) is 0 Å². The summed E-state index contributed by atoms with van der Waals surface area (Å²) >= 11 is 0. The summed E-state index contributed by atoms with van der Waals surface area (Å²) in [6, 6.07) is 7.10. The summed E-state index contributed by atoms with van der Waals surface area (Å²) in [7, 11) is 0. The maximum atomic E-state index is 5.98. The Balaban J connectivity index is 2.29. The van der Waals surface area contributed by atoms with Gasteiger partial charge < -0.3 is 14.8 Å². The first-order chi connectivity index (χ1) is 10.3. The third-order valence-electron chi connectivity index (χ3n) is 4.16. The quantitative estimate of drug-likeness (QED) is 0.836. The SMILES string of the molecule is CCCNC(c1cc(CC)ccc1CC)C1COCCO1. The molecular weight excluding hydrogens is 262 g/mol. The van der Waals surface area contributed by atoms with Crippen LogP contribution in [0.25, 0.3) is 0 Å². The van der Waals surface area contributed by atoms with E-state index in [-0.39, 0.29) is 12.1 Å². The normalized spacial score (nSPS) is 20.4. The van der Waals surface area contributed by atoms with Crippen LogP contribution in [0, 0.1) is 0 Å². The van der Waals surface area contributed by atoms with Crippen LogP contribution in [0.2, 0.25) is 0 Å². The molecule has 3 heteroatoms. The molecule has 3 nitrogen and oxygen atoms in total. The molecule has 1 heterocycles. The van der Waals surface area contributed by atoms with E-state index in [1.165, 1.54) is 16.7 Å². The lowest BCUT2D eigenvalue weighted by atomic mass is 9.92. The van der Waals surface area contributed by atoms with Crippen LogP contribution in [0.3, 0.4) is 0 Å². The molecule has 0 radical (unpaired) electrons. The molecule has 1 saturated heterocycles. The van der Waals surface area contributed by atoms with Gasteiger partial charge in [-0.3, -0.25) is 0 Å². The van der Waals surface area contributed by atoms with Gasteiger partial charge in [-0.05, 0) is 42.5 Å². The molecule has 0 saturated carbocycles. The van der Waals surface area contributed by atoms with Gasteiger partial charge in [-0.25, -0.2) is 0 Å². The molecule has 2 unspecified atom stereocenters. The molecular formula is C18H29NO2. The predicted octanol–water partition coefficient (Wildman–Crippen LogP) is 3.27. The minimum absolute atomic E-state index is 0.114. The van der Waals surface area contributed by atoms with Crippen molar-refractivity contribution in [2.24, 2.45) is 0 Å². The average molecular weight is 291 g/mol. The Morgan fingerprint density at radius 3 is 2.67 bits per heavy atom. The first kappa shape index (κ1) is 16.5. The van der Waals surface area contributed by atoms with Crippen molar-refractivity contribution in [3.63, 3.8) is 0 Å². The molecule has 118 valence electrons. The number of hydrogen-bond donors (Lipinski definition) is 1. The number of benzene rings is 1. The predicted molar refractivity (Wildman–Crippen MR) is 86.8 cm³/mol. The summed E-state index contributed by atoms with van der Waals surface area (Å²) in [6.07, 6.45) is 3.36. The Morgan fingerprint density at radius 2 is 2.05 bits per heavy atom. The highest BCUT2D eigenvalue weighted by molar-refractivity contribution is 5.35. The second-order valence-electron chi connectivity index (χ2n) is 5.66. The summed E-state index contributed by atoms with van der Waals surface area (Å²) < 4.78 is 11.6. The van der Waals surface area contributed by atoms with Crippen LogP contribution in [-0.2, 0) is 22.3 Å². The van der Waals surface area contributed by atoms with E-state index in [1.807, 2.05) is 0 Å². The van der Waals surface area contributed by atoms with Crippen LogP contribution in [0.15, 0.2) is 18.2 Å². The van der Waals surface area contributed by atoms with E-state index in [0.29, 0.717) is 19.8 Å². The summed E-state index contributed by atoms with van der Waals surface area (Å²) in [5, 5.41) is 3.68. The van der Waals surface area contributed by atoms with E-state index >= 15 is 0 Å². The van der Waals surface area contributed by atoms with Gasteiger partial charge in [-0.2, -0.15) is 0 Å². The van der Waals surface area contributed by atoms with E-state index in [9.17, 15) is 0 Å². The first-order valence-electron chi connectivity index (χ1n) is 8.34. The molecule has 1 N–H and O–H groups in total. The fraction of sp³-hybridized carbons (Fsp3) is 0.667. The van der Waals surface area contributed by atoms with Crippen molar-refractivity contribution in [3.8, 4) is 0 Å². The Hall–Kier alpha value is -0.900. The number of ether oxygens (including phenoxy) is 2. The fourth-order valence-corrected chi connectivity index (χ4v) is 2.92. The van der Waals surface area contributed by atoms with Crippen LogP contribution < -0.4 is 5.32 Å². The summed E-state index contributed by atoms with van der Waals surface area (Å²) in [6.45, 7) is 9.73. The zero-order valence-electron chi connectivity index (χ0n) is 13.7. The van der Waals surface area contributed by atoms with Gasteiger partial charge in [0.1, 0.15) is 6.10 Å². The Labute approximate surface area is 129 Å². The van der Waals surface area contributed by atoms with Crippen molar-refractivity contribution in [2.45, 2.75) is 52.2 Å². The smallest absolute Gasteiger partial charge is 0.100 e. The fourth-order valence-electron chi connectivity index (χ4n) is 2.92. The Bertz CT molecular complexity index is 427. The topological polar surface area (TPSA) is 30.5 Å². The zero-order chi connectivity index (χ0) is 15.1. The van der Waals surface area contributed by atoms with Gasteiger partial charge in [0.25, 0.3) is 0 Å². The summed E-state index contributed by atoms with van der Waals surface area (Å²) in [5.41, 5.74) is 4.19. The molecule has 1 fully saturated rings. The van der Waals surface area contributed by atoms with Crippen molar-refractivity contribution in [2.75, 3.05) is 26.4 Å². The number of hydrogen-bond acceptors (Lipinski definition) is 3. The Morgan fingerprint density at radius 1 is 1.19 bits per heavy atom. The van der Waals surface area contributed by atoms with E-state index < -0.39 is 0 Å². The molecule has 0 spiro atoms. The lowest BCUT2D eigenvalue weighted by Crippen LogP contribution is -2.41. The Kier molecular flexibility index (Phi) is 6.68. The highest BCUT2D eigenvalue weighted by atomic mass is 16.6. The molecule has 1 aliphatic heterocycles. The summed E-state index contributed by atoms with van der Waals surface area (Å²) in [4.78, 5) is 0. The molecule has 1 aromatic carbocycles. The van der Waals surface area contributed by atoms with Crippen LogP contribution in [-0.4, -0.2) is 32.5 Å². The van der Waals surface area contributed by atoms with Crippen molar-refractivity contribution < 1.29 is 9.47 Å². The van der Waals surface area contributed by atoms with E-state index in [0.717, 1.165) is 25.8 Å². The molecule has 2 rings (SSSR count). The van der Waals surface area contributed by atoms with Crippen LogP contribution in [0.1, 0.15) is 49.9 Å². The maximum absolute atomic E-state index is 5.98. The van der Waals surface area contributed by atoms with Gasteiger partial charge in [0.2, 0.25) is 0 Å². The van der Waals surface area contributed by atoms with Crippen LogP contribution in [0.5, 0.6) is 0 Å². The monoisotopic (exact) mass is 291 g/mol. The molecule has 21 heavy (non-hydrogen) atoms. The number of aryl methyl sites for hydroxylation is 2. The lowest BCUT2D eigenvalue weighted by molar-refractivity contribution is -0.102. The van der Waals surface area contributed by atoms with Crippen molar-refractivity contribution in [1.29, 1.82) is 0 Å². The number of nitrogens with one attached hydrogen (secondary N) is 1. The molecule has 0 amide bonds. The first-order valence-corrected chi connectivity index (χ1v) is 8.34. The average Bonchev–Trinajstić information content (AvgIpc) is 2.56. The molecule has 1 aliphatic rings. The van der Waals surface area contributed by atoms with E-state index in [1.54, 1.807) is 0 Å². The minimum atomic E-state index is 0.114. The molecule has 2 atom stereocenters. The number of rotatable bonds is 7. The molecule has 0 aromatic heterocycles.